The Bertz CT molecular complexity index is 1080. The van der Waals surface area contributed by atoms with Gasteiger partial charge in [-0.15, -0.1) is 0 Å². The second-order valence-electron chi connectivity index (χ2n) is 4.84. The summed E-state index contributed by atoms with van der Waals surface area (Å²) in [6, 6.07) is 9.17. The van der Waals surface area contributed by atoms with Gasteiger partial charge < -0.3 is 8.82 Å². The highest BCUT2D eigenvalue weighted by molar-refractivity contribution is 6.33. The molecule has 0 spiro atoms. The summed E-state index contributed by atoms with van der Waals surface area (Å²) in [6.45, 7) is 0. The minimum Gasteiger partial charge on any atom is -0.421 e. The average Bonchev–Trinajstić information content (AvgIpc) is 2.93. The number of fused-ring (bicyclic) bond motifs is 2. The number of hydrogen-bond acceptors (Lipinski definition) is 3. The molecule has 0 amide bonds. The molecule has 0 aliphatic heterocycles. The molecular formula is C16H8ClFN2O2. The predicted molar refractivity (Wildman–Crippen MR) is 81.6 cm³/mol. The Morgan fingerprint density at radius 3 is 2.91 bits per heavy atom. The molecular weight excluding hydrogens is 307 g/mol. The van der Waals surface area contributed by atoms with Crippen LogP contribution in [0.4, 0.5) is 4.39 Å². The zero-order chi connectivity index (χ0) is 15.3. The molecule has 3 heterocycles. The van der Waals surface area contributed by atoms with Gasteiger partial charge in [-0.25, -0.2) is 14.2 Å². The topological polar surface area (TPSA) is 47.5 Å². The van der Waals surface area contributed by atoms with Crippen molar-refractivity contribution in [3.8, 4) is 11.5 Å². The Labute approximate surface area is 128 Å². The molecule has 3 aromatic heterocycles. The third-order valence-corrected chi connectivity index (χ3v) is 3.71. The second kappa shape index (κ2) is 4.68. The van der Waals surface area contributed by atoms with Crippen molar-refractivity contribution >= 4 is 28.0 Å². The smallest absolute Gasteiger partial charge is 0.344 e. The summed E-state index contributed by atoms with van der Waals surface area (Å²) in [5.41, 5.74) is 0.451. The van der Waals surface area contributed by atoms with Gasteiger partial charge in [-0.2, -0.15) is 0 Å². The lowest BCUT2D eigenvalue weighted by molar-refractivity contribution is 0.532. The average molecular weight is 315 g/mol. The third kappa shape index (κ3) is 1.98. The van der Waals surface area contributed by atoms with Gasteiger partial charge in [0.25, 0.3) is 0 Å². The highest BCUT2D eigenvalue weighted by Crippen LogP contribution is 2.24. The van der Waals surface area contributed by atoms with E-state index in [1.54, 1.807) is 35.0 Å². The standard InChI is InChI=1S/C16H8ClFN2O2/c17-12-2-1-5-20-8-13(19-15(12)20)14-6-9-3-4-10(18)7-11(9)16(21)22-14/h1-8H. The van der Waals surface area contributed by atoms with E-state index in [1.165, 1.54) is 12.1 Å². The first-order valence-electron chi connectivity index (χ1n) is 6.49. The van der Waals surface area contributed by atoms with Crippen molar-refractivity contribution in [2.24, 2.45) is 0 Å². The number of imidazole rings is 1. The molecule has 108 valence electrons. The zero-order valence-electron chi connectivity index (χ0n) is 11.1. The van der Waals surface area contributed by atoms with E-state index in [-0.39, 0.29) is 5.39 Å². The van der Waals surface area contributed by atoms with E-state index in [0.29, 0.717) is 27.5 Å². The zero-order valence-corrected chi connectivity index (χ0v) is 11.8. The molecule has 0 aliphatic carbocycles. The van der Waals surface area contributed by atoms with Crippen molar-refractivity contribution in [3.05, 3.63) is 70.1 Å². The predicted octanol–water partition coefficient (Wildman–Crippen LogP) is 3.90. The highest BCUT2D eigenvalue weighted by atomic mass is 35.5. The van der Waals surface area contributed by atoms with E-state index in [2.05, 4.69) is 4.98 Å². The first kappa shape index (κ1) is 13.0. The molecule has 0 unspecified atom stereocenters. The summed E-state index contributed by atoms with van der Waals surface area (Å²) in [7, 11) is 0. The maximum Gasteiger partial charge on any atom is 0.344 e. The summed E-state index contributed by atoms with van der Waals surface area (Å²) >= 11 is 6.08. The van der Waals surface area contributed by atoms with Gasteiger partial charge in [0.05, 0.1) is 10.4 Å². The molecule has 0 saturated heterocycles. The lowest BCUT2D eigenvalue weighted by Gasteiger charge is -1.99. The first-order valence-corrected chi connectivity index (χ1v) is 6.86. The number of benzene rings is 1. The van der Waals surface area contributed by atoms with Crippen molar-refractivity contribution in [1.82, 2.24) is 9.38 Å². The van der Waals surface area contributed by atoms with E-state index < -0.39 is 11.4 Å². The fourth-order valence-electron chi connectivity index (χ4n) is 2.38. The van der Waals surface area contributed by atoms with Crippen LogP contribution in [0.3, 0.4) is 0 Å². The van der Waals surface area contributed by atoms with Crippen molar-refractivity contribution < 1.29 is 8.81 Å². The number of pyridine rings is 1. The van der Waals surface area contributed by atoms with Gasteiger partial charge in [0.2, 0.25) is 0 Å². The molecule has 4 nitrogen and oxygen atoms in total. The van der Waals surface area contributed by atoms with Gasteiger partial charge in [0, 0.05) is 12.4 Å². The minimum atomic E-state index is -0.602. The van der Waals surface area contributed by atoms with Crippen molar-refractivity contribution in [1.29, 1.82) is 0 Å². The fourth-order valence-corrected chi connectivity index (χ4v) is 2.59. The van der Waals surface area contributed by atoms with Crippen LogP contribution >= 0.6 is 11.6 Å². The Hall–Kier alpha value is -2.66. The molecule has 6 heteroatoms. The van der Waals surface area contributed by atoms with Crippen LogP contribution in [0.5, 0.6) is 0 Å². The Morgan fingerprint density at radius 2 is 2.09 bits per heavy atom. The molecule has 0 N–H and O–H groups in total. The number of hydrogen-bond donors (Lipinski definition) is 0. The molecule has 4 aromatic rings. The normalized spacial score (nSPS) is 11.4. The van der Waals surface area contributed by atoms with Crippen molar-refractivity contribution in [2.75, 3.05) is 0 Å². The van der Waals surface area contributed by atoms with Gasteiger partial charge >= 0.3 is 5.63 Å². The Morgan fingerprint density at radius 1 is 1.23 bits per heavy atom. The molecule has 0 saturated carbocycles. The number of halogens is 2. The van der Waals surface area contributed by atoms with Gasteiger partial charge in [0.1, 0.15) is 11.5 Å². The van der Waals surface area contributed by atoms with Crippen LogP contribution in [-0.2, 0) is 0 Å². The maximum absolute atomic E-state index is 13.2. The monoisotopic (exact) mass is 314 g/mol. The van der Waals surface area contributed by atoms with E-state index >= 15 is 0 Å². The largest absolute Gasteiger partial charge is 0.421 e. The minimum absolute atomic E-state index is 0.200. The molecule has 0 radical (unpaired) electrons. The number of nitrogens with zero attached hydrogens (tertiary/aromatic N) is 2. The van der Waals surface area contributed by atoms with E-state index in [1.807, 2.05) is 0 Å². The van der Waals surface area contributed by atoms with Crippen LogP contribution in [0.15, 0.2) is 58.0 Å². The SMILES string of the molecule is O=c1oc(-c2cn3cccc(Cl)c3n2)cc2ccc(F)cc12. The Kier molecular flexibility index (Phi) is 2.77. The summed E-state index contributed by atoms with van der Waals surface area (Å²) < 4.78 is 20.2. The molecule has 0 bridgehead atoms. The molecule has 22 heavy (non-hydrogen) atoms. The van der Waals surface area contributed by atoms with Crippen LogP contribution in [-0.4, -0.2) is 9.38 Å². The molecule has 0 aliphatic rings. The third-order valence-electron chi connectivity index (χ3n) is 3.41. The van der Waals surface area contributed by atoms with E-state index in [4.69, 9.17) is 16.0 Å². The van der Waals surface area contributed by atoms with Crippen molar-refractivity contribution in [2.45, 2.75) is 0 Å². The molecule has 0 fully saturated rings. The molecule has 4 rings (SSSR count). The number of aromatic nitrogens is 2. The second-order valence-corrected chi connectivity index (χ2v) is 5.25. The van der Waals surface area contributed by atoms with Crippen LogP contribution in [0.25, 0.3) is 27.9 Å². The van der Waals surface area contributed by atoms with Crippen LogP contribution in [0, 0.1) is 5.82 Å². The Balaban J connectivity index is 1.98. The first-order chi connectivity index (χ1) is 10.6. The van der Waals surface area contributed by atoms with Gasteiger partial charge in [0.15, 0.2) is 11.4 Å². The van der Waals surface area contributed by atoms with Gasteiger partial charge in [-0.3, -0.25) is 0 Å². The lowest BCUT2D eigenvalue weighted by Crippen LogP contribution is -2.00. The number of rotatable bonds is 1. The fraction of sp³-hybridized carbons (Fsp3) is 0. The summed E-state index contributed by atoms with van der Waals surface area (Å²) in [6.07, 6.45) is 3.51. The van der Waals surface area contributed by atoms with Crippen molar-refractivity contribution in [3.63, 3.8) is 0 Å². The van der Waals surface area contributed by atoms with E-state index in [0.717, 1.165) is 6.07 Å². The molecule has 0 atom stereocenters. The van der Waals surface area contributed by atoms with Crippen LogP contribution < -0.4 is 5.63 Å². The van der Waals surface area contributed by atoms with E-state index in [9.17, 15) is 9.18 Å². The summed E-state index contributed by atoms with van der Waals surface area (Å²) in [4.78, 5) is 16.4. The maximum atomic E-state index is 13.2. The lowest BCUT2D eigenvalue weighted by atomic mass is 10.1. The summed E-state index contributed by atoms with van der Waals surface area (Å²) in [5.74, 6) is -0.170. The van der Waals surface area contributed by atoms with Crippen LogP contribution in [0.2, 0.25) is 5.02 Å². The quantitative estimate of drug-likeness (QED) is 0.535. The summed E-state index contributed by atoms with van der Waals surface area (Å²) in [5, 5.41) is 1.29. The van der Waals surface area contributed by atoms with Crippen LogP contribution in [0.1, 0.15) is 0 Å². The molecule has 1 aromatic carbocycles. The van der Waals surface area contributed by atoms with Gasteiger partial charge in [-0.1, -0.05) is 17.7 Å². The highest BCUT2D eigenvalue weighted by Gasteiger charge is 2.12. The van der Waals surface area contributed by atoms with Gasteiger partial charge in [-0.05, 0) is 35.7 Å².